The predicted molar refractivity (Wildman–Crippen MR) is 87.6 cm³/mol. The average Bonchev–Trinajstić information content (AvgIpc) is 3.22. The van der Waals surface area contributed by atoms with Gasteiger partial charge in [-0.25, -0.2) is 9.50 Å². The fourth-order valence-corrected chi connectivity index (χ4v) is 3.48. The van der Waals surface area contributed by atoms with Crippen LogP contribution in [0.1, 0.15) is 17.3 Å². The molecular weight excluding hydrogens is 347 g/mol. The third kappa shape index (κ3) is 3.10. The molecule has 2 aromatic heterocycles. The molecule has 136 valence electrons. The number of nitrogens with zero attached hydrogens (tertiary/aromatic N) is 4. The van der Waals surface area contributed by atoms with Gasteiger partial charge in [0.25, 0.3) is 5.56 Å². The van der Waals surface area contributed by atoms with Crippen molar-refractivity contribution in [3.8, 4) is 0 Å². The first-order valence-corrected chi connectivity index (χ1v) is 8.17. The summed E-state index contributed by atoms with van der Waals surface area (Å²) in [7, 11) is 0. The van der Waals surface area contributed by atoms with E-state index in [1.807, 2.05) is 30.3 Å². The third-order valence-electron chi connectivity index (χ3n) is 4.73. The van der Waals surface area contributed by atoms with Gasteiger partial charge in [-0.05, 0) is 5.56 Å². The number of alkyl halides is 3. The van der Waals surface area contributed by atoms with Gasteiger partial charge in [0, 0.05) is 25.6 Å². The normalized spacial score (nSPS) is 21.5. The molecule has 4 rings (SSSR count). The predicted octanol–water partition coefficient (Wildman–Crippen LogP) is 2.20. The Morgan fingerprint density at radius 3 is 2.69 bits per heavy atom. The van der Waals surface area contributed by atoms with Crippen LogP contribution in [0.2, 0.25) is 0 Å². The smallest absolute Gasteiger partial charge is 0.307 e. The summed E-state index contributed by atoms with van der Waals surface area (Å²) in [5.74, 6) is -2.48. The lowest BCUT2D eigenvalue weighted by Crippen LogP contribution is -2.31. The summed E-state index contributed by atoms with van der Waals surface area (Å²) in [6, 6.07) is 9.34. The summed E-state index contributed by atoms with van der Waals surface area (Å²) in [6.45, 7) is 0.457. The van der Waals surface area contributed by atoms with Crippen molar-refractivity contribution >= 4 is 5.52 Å². The Kier molecular flexibility index (Phi) is 4.03. The molecule has 0 radical (unpaired) electrons. The second-order valence-corrected chi connectivity index (χ2v) is 6.50. The molecule has 1 N–H and O–H groups in total. The van der Waals surface area contributed by atoms with Gasteiger partial charge in [0.05, 0.1) is 12.1 Å². The molecule has 0 saturated carbocycles. The van der Waals surface area contributed by atoms with Gasteiger partial charge in [0.2, 0.25) is 0 Å². The van der Waals surface area contributed by atoms with E-state index in [9.17, 15) is 18.0 Å². The summed E-state index contributed by atoms with van der Waals surface area (Å²) in [5.41, 5.74) is 0.659. The van der Waals surface area contributed by atoms with Gasteiger partial charge >= 0.3 is 6.18 Å². The Morgan fingerprint density at radius 1 is 1.19 bits per heavy atom. The van der Waals surface area contributed by atoms with Crippen molar-refractivity contribution in [3.63, 3.8) is 0 Å². The molecule has 2 unspecified atom stereocenters. The Hall–Kier alpha value is -2.68. The molecule has 1 fully saturated rings. The second-order valence-electron chi connectivity index (χ2n) is 6.50. The highest BCUT2D eigenvalue weighted by Crippen LogP contribution is 2.42. The van der Waals surface area contributed by atoms with E-state index < -0.39 is 23.6 Å². The number of hydrogen-bond acceptors (Lipinski definition) is 4. The van der Waals surface area contributed by atoms with E-state index in [0.717, 1.165) is 5.56 Å². The Balaban J connectivity index is 1.66. The Labute approximate surface area is 146 Å². The van der Waals surface area contributed by atoms with Crippen molar-refractivity contribution in [1.82, 2.24) is 24.5 Å². The minimum atomic E-state index is -4.38. The fraction of sp³-hybridized carbons (Fsp3) is 0.353. The molecule has 0 bridgehead atoms. The third-order valence-corrected chi connectivity index (χ3v) is 4.73. The molecular formula is C17H16F3N5O. The number of benzene rings is 1. The number of rotatable bonds is 3. The quantitative estimate of drug-likeness (QED) is 0.775. The number of aromatic nitrogens is 4. The van der Waals surface area contributed by atoms with E-state index in [1.54, 1.807) is 4.90 Å². The maximum Gasteiger partial charge on any atom is 0.393 e. The van der Waals surface area contributed by atoms with Gasteiger partial charge in [0.15, 0.2) is 0 Å². The summed E-state index contributed by atoms with van der Waals surface area (Å²) in [5, 5.41) is 4.16. The maximum absolute atomic E-state index is 13.6. The first-order chi connectivity index (χ1) is 12.4. The van der Waals surface area contributed by atoms with Crippen LogP contribution in [0.15, 0.2) is 47.7 Å². The fourth-order valence-electron chi connectivity index (χ4n) is 3.48. The summed E-state index contributed by atoms with van der Waals surface area (Å²) >= 11 is 0. The van der Waals surface area contributed by atoms with Gasteiger partial charge in [-0.2, -0.15) is 18.3 Å². The zero-order chi connectivity index (χ0) is 18.3. The molecule has 3 heterocycles. The maximum atomic E-state index is 13.6. The molecule has 1 aliphatic heterocycles. The van der Waals surface area contributed by atoms with E-state index in [2.05, 4.69) is 15.1 Å². The van der Waals surface area contributed by atoms with Gasteiger partial charge in [0.1, 0.15) is 17.7 Å². The highest BCUT2D eigenvalue weighted by atomic mass is 19.4. The summed E-state index contributed by atoms with van der Waals surface area (Å²) in [6.07, 6.45) is -1.74. The van der Waals surface area contributed by atoms with Gasteiger partial charge in [-0.1, -0.05) is 30.3 Å². The highest BCUT2D eigenvalue weighted by Gasteiger charge is 2.51. The molecule has 0 amide bonds. The topological polar surface area (TPSA) is 66.3 Å². The molecule has 0 aliphatic carbocycles. The number of aromatic amines is 1. The van der Waals surface area contributed by atoms with Crippen LogP contribution in [-0.2, 0) is 6.54 Å². The number of halogens is 3. The van der Waals surface area contributed by atoms with E-state index >= 15 is 0 Å². The van der Waals surface area contributed by atoms with Crippen molar-refractivity contribution in [2.45, 2.75) is 18.6 Å². The first kappa shape index (κ1) is 16.8. The van der Waals surface area contributed by atoms with Crippen molar-refractivity contribution in [2.75, 3.05) is 13.1 Å². The molecule has 1 aromatic carbocycles. The molecule has 1 aliphatic rings. The average molecular weight is 363 g/mol. The summed E-state index contributed by atoms with van der Waals surface area (Å²) in [4.78, 5) is 20.2. The van der Waals surface area contributed by atoms with Crippen LogP contribution in [0, 0.1) is 5.92 Å². The standard InChI is InChI=1S/C17H16F3N5O/c18-17(19,20)13-9-24(7-11-4-2-1-3-5-11)8-12(13)15-22-16(26)14-6-21-10-25(14)23-15/h1-6,10,12-13H,7-9H2,(H,22,23,26). The molecule has 6 nitrogen and oxygen atoms in total. The number of nitrogens with one attached hydrogen (secondary N) is 1. The minimum absolute atomic E-state index is 0.0402. The van der Waals surface area contributed by atoms with Gasteiger partial charge in [-0.15, -0.1) is 0 Å². The lowest BCUT2D eigenvalue weighted by molar-refractivity contribution is -0.174. The number of hydrogen-bond donors (Lipinski definition) is 1. The molecule has 9 heteroatoms. The SMILES string of the molecule is O=c1[nH]c(C2CN(Cc3ccccc3)CC2C(F)(F)F)nn2cncc12. The monoisotopic (exact) mass is 363 g/mol. The van der Waals surface area contributed by atoms with Gasteiger partial charge < -0.3 is 4.98 Å². The number of likely N-dealkylation sites (tertiary alicyclic amines) is 1. The van der Waals surface area contributed by atoms with E-state index in [4.69, 9.17) is 0 Å². The van der Waals surface area contributed by atoms with Crippen LogP contribution in [0.5, 0.6) is 0 Å². The lowest BCUT2D eigenvalue weighted by atomic mass is 9.95. The Bertz CT molecular complexity index is 966. The van der Waals surface area contributed by atoms with Crippen LogP contribution in [0.4, 0.5) is 13.2 Å². The molecule has 1 saturated heterocycles. The second kappa shape index (κ2) is 6.24. The first-order valence-electron chi connectivity index (χ1n) is 8.17. The zero-order valence-corrected chi connectivity index (χ0v) is 13.6. The number of H-pyrrole nitrogens is 1. The van der Waals surface area contributed by atoms with E-state index in [0.29, 0.717) is 6.54 Å². The van der Waals surface area contributed by atoms with Gasteiger partial charge in [-0.3, -0.25) is 9.69 Å². The Morgan fingerprint density at radius 2 is 1.96 bits per heavy atom. The molecule has 0 spiro atoms. The van der Waals surface area contributed by atoms with Crippen LogP contribution < -0.4 is 5.56 Å². The lowest BCUT2D eigenvalue weighted by Gasteiger charge is -2.20. The van der Waals surface area contributed by atoms with Crippen molar-refractivity contribution in [2.24, 2.45) is 5.92 Å². The van der Waals surface area contributed by atoms with E-state index in [-0.39, 0.29) is 24.4 Å². The molecule has 3 aromatic rings. The van der Waals surface area contributed by atoms with Crippen molar-refractivity contribution < 1.29 is 13.2 Å². The molecule has 26 heavy (non-hydrogen) atoms. The molecule has 2 atom stereocenters. The number of imidazole rings is 1. The van der Waals surface area contributed by atoms with Crippen molar-refractivity contribution in [3.05, 3.63) is 64.6 Å². The van der Waals surface area contributed by atoms with Crippen LogP contribution in [0.3, 0.4) is 0 Å². The van der Waals surface area contributed by atoms with Crippen LogP contribution in [-0.4, -0.2) is 43.7 Å². The summed E-state index contributed by atoms with van der Waals surface area (Å²) < 4.78 is 42.0. The largest absolute Gasteiger partial charge is 0.393 e. The zero-order valence-electron chi connectivity index (χ0n) is 13.6. The van der Waals surface area contributed by atoms with Crippen LogP contribution in [0.25, 0.3) is 5.52 Å². The van der Waals surface area contributed by atoms with Crippen molar-refractivity contribution in [1.29, 1.82) is 0 Å². The highest BCUT2D eigenvalue weighted by molar-refractivity contribution is 5.40. The van der Waals surface area contributed by atoms with Crippen LogP contribution >= 0.6 is 0 Å². The van der Waals surface area contributed by atoms with E-state index in [1.165, 1.54) is 17.0 Å². The number of fused-ring (bicyclic) bond motifs is 1. The minimum Gasteiger partial charge on any atom is -0.307 e.